The summed E-state index contributed by atoms with van der Waals surface area (Å²) in [5.41, 5.74) is 0.264. The lowest BCUT2D eigenvalue weighted by atomic mass is 10.4. The molecule has 25 heavy (non-hydrogen) atoms. The molecule has 12 heteroatoms. The van der Waals surface area contributed by atoms with Crippen molar-refractivity contribution in [1.29, 1.82) is 0 Å². The number of hydrogen-bond donors (Lipinski definition) is 1. The summed E-state index contributed by atoms with van der Waals surface area (Å²) >= 11 is 0. The van der Waals surface area contributed by atoms with E-state index in [1.807, 2.05) is 0 Å². The fraction of sp³-hybridized carbons (Fsp3) is 0.769. The van der Waals surface area contributed by atoms with Crippen molar-refractivity contribution in [2.24, 2.45) is 0 Å². The van der Waals surface area contributed by atoms with Gasteiger partial charge in [-0.05, 0) is 6.92 Å². The first kappa shape index (κ1) is 24.0. The third-order valence-electron chi connectivity index (χ3n) is 2.89. The minimum absolute atomic E-state index is 0.0960. The van der Waals surface area contributed by atoms with E-state index < -0.39 is 33.4 Å². The maximum atomic E-state index is 12.8. The van der Waals surface area contributed by atoms with Crippen LogP contribution in [0.5, 0.6) is 0 Å². The highest BCUT2D eigenvalue weighted by Gasteiger charge is 2.35. The molecule has 0 radical (unpaired) electrons. The Morgan fingerprint density at radius 2 is 1.80 bits per heavy atom. The van der Waals surface area contributed by atoms with Crippen LogP contribution in [0.3, 0.4) is 0 Å². The molecular formula is C13H24F3NO7P+. The number of phosphoric ester groups is 1. The summed E-state index contributed by atoms with van der Waals surface area (Å²) in [4.78, 5) is 20.5. The molecule has 0 bridgehead atoms. The molecule has 0 fully saturated rings. The van der Waals surface area contributed by atoms with Crippen LogP contribution in [-0.4, -0.2) is 75.3 Å². The monoisotopic (exact) mass is 394 g/mol. The van der Waals surface area contributed by atoms with Crippen LogP contribution in [0.4, 0.5) is 13.2 Å². The van der Waals surface area contributed by atoms with Crippen molar-refractivity contribution >= 4 is 13.8 Å². The fourth-order valence-electron chi connectivity index (χ4n) is 1.34. The van der Waals surface area contributed by atoms with Gasteiger partial charge in [0.1, 0.15) is 32.9 Å². The van der Waals surface area contributed by atoms with Crippen LogP contribution in [0.2, 0.25) is 0 Å². The molecule has 0 aromatic heterocycles. The zero-order valence-corrected chi connectivity index (χ0v) is 15.3. The van der Waals surface area contributed by atoms with Crippen molar-refractivity contribution < 1.29 is 50.4 Å². The van der Waals surface area contributed by atoms with Crippen LogP contribution in [0.1, 0.15) is 6.92 Å². The Labute approximate surface area is 144 Å². The van der Waals surface area contributed by atoms with Gasteiger partial charge in [-0.2, -0.15) is 8.78 Å². The zero-order chi connectivity index (χ0) is 19.7. The fourth-order valence-corrected chi connectivity index (χ4v) is 2.04. The third kappa shape index (κ3) is 12.1. The summed E-state index contributed by atoms with van der Waals surface area (Å²) in [6.45, 7) is 1.94. The first-order chi connectivity index (χ1) is 11.3. The van der Waals surface area contributed by atoms with E-state index in [1.165, 1.54) is 6.92 Å². The lowest BCUT2D eigenvalue weighted by Crippen LogP contribution is -2.44. The highest BCUT2D eigenvalue weighted by atomic mass is 31.2. The second kappa shape index (κ2) is 10.2. The first-order valence-corrected chi connectivity index (χ1v) is 8.64. The Morgan fingerprint density at radius 1 is 1.24 bits per heavy atom. The number of phosphoric acid groups is 1. The van der Waals surface area contributed by atoms with Gasteiger partial charge in [0.25, 0.3) is 0 Å². The predicted octanol–water partition coefficient (Wildman–Crippen LogP) is 1.85. The van der Waals surface area contributed by atoms with Crippen molar-refractivity contribution in [2.75, 3.05) is 53.9 Å². The van der Waals surface area contributed by atoms with Gasteiger partial charge in [0, 0.05) is 5.57 Å². The van der Waals surface area contributed by atoms with Crippen LogP contribution < -0.4 is 0 Å². The van der Waals surface area contributed by atoms with Gasteiger partial charge in [-0.25, -0.2) is 13.8 Å². The minimum Gasteiger partial charge on any atom is -0.456 e. The molecule has 1 atom stereocenters. The van der Waals surface area contributed by atoms with E-state index in [2.05, 4.69) is 20.4 Å². The average molecular weight is 394 g/mol. The molecular weight excluding hydrogens is 370 g/mol. The largest absolute Gasteiger partial charge is 0.472 e. The third-order valence-corrected chi connectivity index (χ3v) is 3.85. The predicted molar refractivity (Wildman–Crippen MR) is 81.4 cm³/mol. The molecule has 1 N–H and O–H groups in total. The van der Waals surface area contributed by atoms with Gasteiger partial charge in [0.05, 0.1) is 14.1 Å². The quantitative estimate of drug-likeness (QED) is 0.221. The standard InChI is InChI=1S/C13H23F3NO7P/c1-11(2)12(18)21-7-5-17(3,4)6-8-23-25(19,20)24-9-13(15,16)22-10-14/h1,5-10H2,2-4H3/p+1. The molecule has 8 nitrogen and oxygen atoms in total. The van der Waals surface area contributed by atoms with E-state index in [0.717, 1.165) is 0 Å². The number of nitrogens with zero attached hydrogens (tertiary/aromatic N) is 1. The molecule has 0 saturated carbocycles. The number of alkyl halides is 3. The summed E-state index contributed by atoms with van der Waals surface area (Å²) in [7, 11) is -1.26. The molecule has 148 valence electrons. The molecule has 0 heterocycles. The molecule has 0 aliphatic carbocycles. The van der Waals surface area contributed by atoms with Crippen molar-refractivity contribution in [3.05, 3.63) is 12.2 Å². The Kier molecular flexibility index (Phi) is 9.85. The average Bonchev–Trinajstić information content (AvgIpc) is 2.44. The van der Waals surface area contributed by atoms with E-state index in [0.29, 0.717) is 6.54 Å². The van der Waals surface area contributed by atoms with Crippen LogP contribution in [-0.2, 0) is 27.9 Å². The van der Waals surface area contributed by atoms with E-state index in [1.54, 1.807) is 14.1 Å². The van der Waals surface area contributed by atoms with E-state index in [9.17, 15) is 27.4 Å². The topological polar surface area (TPSA) is 91.3 Å². The van der Waals surface area contributed by atoms with Gasteiger partial charge in [0.15, 0.2) is 6.86 Å². The normalized spacial score (nSPS) is 14.8. The summed E-state index contributed by atoms with van der Waals surface area (Å²) in [5.74, 6) is -0.527. The van der Waals surface area contributed by atoms with Crippen molar-refractivity contribution in [3.8, 4) is 0 Å². The maximum absolute atomic E-state index is 12.8. The molecule has 0 saturated heterocycles. The second-order valence-corrected chi connectivity index (χ2v) is 7.22. The van der Waals surface area contributed by atoms with Crippen LogP contribution in [0.25, 0.3) is 0 Å². The number of halogens is 3. The smallest absolute Gasteiger partial charge is 0.456 e. The number of hydrogen-bond acceptors (Lipinski definition) is 6. The SMILES string of the molecule is C=C(C)C(=O)OCC[N+](C)(C)CCOP(=O)(O)OCC(F)(F)OCF. The molecule has 1 unspecified atom stereocenters. The zero-order valence-electron chi connectivity index (χ0n) is 14.4. The van der Waals surface area contributed by atoms with E-state index >= 15 is 0 Å². The molecule has 0 aromatic carbocycles. The Balaban J connectivity index is 4.18. The first-order valence-electron chi connectivity index (χ1n) is 7.14. The van der Waals surface area contributed by atoms with Gasteiger partial charge < -0.3 is 14.1 Å². The number of carbonyl (C=O) groups excluding carboxylic acids is 1. The number of esters is 1. The summed E-state index contributed by atoms with van der Waals surface area (Å²) in [5, 5.41) is 0. The van der Waals surface area contributed by atoms with Gasteiger partial charge in [-0.3, -0.25) is 13.8 Å². The van der Waals surface area contributed by atoms with E-state index in [4.69, 9.17) is 4.74 Å². The van der Waals surface area contributed by atoms with Crippen LogP contribution in [0, 0.1) is 0 Å². The van der Waals surface area contributed by atoms with Gasteiger partial charge >= 0.3 is 19.9 Å². The summed E-state index contributed by atoms with van der Waals surface area (Å²) in [6, 6.07) is 0. The number of quaternary nitrogens is 1. The Hall–Kier alpha value is -0.970. The summed E-state index contributed by atoms with van der Waals surface area (Å²) in [6.07, 6.45) is -4.04. The van der Waals surface area contributed by atoms with Crippen LogP contribution in [0.15, 0.2) is 12.2 Å². The van der Waals surface area contributed by atoms with Crippen molar-refractivity contribution in [3.63, 3.8) is 0 Å². The number of carbonyl (C=O) groups is 1. The number of likely N-dealkylation sites (N-methyl/N-ethyl adjacent to an activating group) is 1. The number of ether oxygens (including phenoxy) is 2. The van der Waals surface area contributed by atoms with Gasteiger partial charge in [0.2, 0.25) is 0 Å². The highest BCUT2D eigenvalue weighted by Crippen LogP contribution is 2.44. The number of rotatable bonds is 13. The second-order valence-electron chi connectivity index (χ2n) is 5.77. The molecule has 0 amide bonds. The highest BCUT2D eigenvalue weighted by molar-refractivity contribution is 7.47. The summed E-state index contributed by atoms with van der Waals surface area (Å²) < 4.78 is 66.0. The lowest BCUT2D eigenvalue weighted by Gasteiger charge is -2.29. The van der Waals surface area contributed by atoms with Crippen molar-refractivity contribution in [1.82, 2.24) is 0 Å². The van der Waals surface area contributed by atoms with E-state index in [-0.39, 0.29) is 29.8 Å². The van der Waals surface area contributed by atoms with Crippen LogP contribution >= 0.6 is 7.82 Å². The molecule has 0 aliphatic heterocycles. The molecule has 0 rings (SSSR count). The Morgan fingerprint density at radius 3 is 2.32 bits per heavy atom. The van der Waals surface area contributed by atoms with Gasteiger partial charge in [-0.1, -0.05) is 6.58 Å². The Bertz CT molecular complexity index is 502. The maximum Gasteiger partial charge on any atom is 0.472 e. The molecule has 0 aliphatic rings. The molecule has 0 spiro atoms. The van der Waals surface area contributed by atoms with Crippen molar-refractivity contribution in [2.45, 2.75) is 13.0 Å². The van der Waals surface area contributed by atoms with Gasteiger partial charge in [-0.15, -0.1) is 0 Å². The molecule has 0 aromatic rings. The minimum atomic E-state index is -4.74. The lowest BCUT2D eigenvalue weighted by molar-refractivity contribution is -0.890.